The Hall–Kier alpha value is -0.770. The van der Waals surface area contributed by atoms with Crippen molar-refractivity contribution in [3.63, 3.8) is 0 Å². The van der Waals surface area contributed by atoms with Crippen LogP contribution in [0.15, 0.2) is 0 Å². The molecule has 0 saturated carbocycles. The molecule has 1 amide bonds. The van der Waals surface area contributed by atoms with Gasteiger partial charge in [0.1, 0.15) is 5.60 Å². The molecule has 4 nitrogen and oxygen atoms in total. The predicted molar refractivity (Wildman–Crippen MR) is 57.7 cm³/mol. The molecule has 0 bridgehead atoms. The molecule has 2 heterocycles. The summed E-state index contributed by atoms with van der Waals surface area (Å²) < 4.78 is 5.31. The van der Waals surface area contributed by atoms with E-state index in [4.69, 9.17) is 4.74 Å². The molecule has 2 rings (SSSR count). The number of amides is 1. The van der Waals surface area contributed by atoms with E-state index < -0.39 is 0 Å². The standard InChI is InChI=1S/C11H20N2O2/c1-8-11(5-12-8)6-13(7-11)9(14)15-10(2,3)4/h8,12H,5-7H2,1-4H3/t8-/m1/s1. The number of nitrogens with zero attached hydrogens (tertiary/aromatic N) is 1. The van der Waals surface area contributed by atoms with E-state index in [1.165, 1.54) is 0 Å². The third kappa shape index (κ3) is 1.83. The Labute approximate surface area is 91.0 Å². The number of likely N-dealkylation sites (tertiary alicyclic amines) is 1. The van der Waals surface area contributed by atoms with Crippen LogP contribution in [0.1, 0.15) is 27.7 Å². The molecule has 0 unspecified atom stereocenters. The average molecular weight is 212 g/mol. The fraction of sp³-hybridized carbons (Fsp3) is 0.909. The number of hydrogen-bond acceptors (Lipinski definition) is 3. The predicted octanol–water partition coefficient (Wildman–Crippen LogP) is 1.22. The van der Waals surface area contributed by atoms with Crippen molar-refractivity contribution < 1.29 is 9.53 Å². The van der Waals surface area contributed by atoms with E-state index in [2.05, 4.69) is 12.2 Å². The number of ether oxygens (including phenoxy) is 1. The fourth-order valence-electron chi connectivity index (χ4n) is 2.15. The smallest absolute Gasteiger partial charge is 0.410 e. The lowest BCUT2D eigenvalue weighted by Gasteiger charge is -2.59. The Balaban J connectivity index is 1.82. The van der Waals surface area contributed by atoms with Gasteiger partial charge in [0.25, 0.3) is 0 Å². The highest BCUT2D eigenvalue weighted by molar-refractivity contribution is 5.69. The molecular weight excluding hydrogens is 192 g/mol. The lowest BCUT2D eigenvalue weighted by atomic mass is 9.68. The van der Waals surface area contributed by atoms with E-state index in [0.717, 1.165) is 19.6 Å². The SMILES string of the molecule is C[C@H]1NCC12CN(C(=O)OC(C)(C)C)C2. The third-order valence-corrected chi connectivity index (χ3v) is 3.34. The third-order valence-electron chi connectivity index (χ3n) is 3.34. The summed E-state index contributed by atoms with van der Waals surface area (Å²) in [6, 6.07) is 0.538. The first-order valence-electron chi connectivity index (χ1n) is 5.54. The molecular formula is C11H20N2O2. The van der Waals surface area contributed by atoms with Gasteiger partial charge in [-0.05, 0) is 27.7 Å². The second-order valence-corrected chi connectivity index (χ2v) is 5.80. The van der Waals surface area contributed by atoms with Crippen molar-refractivity contribution in [2.75, 3.05) is 19.6 Å². The molecule has 2 saturated heterocycles. The molecule has 1 spiro atoms. The van der Waals surface area contributed by atoms with Gasteiger partial charge in [0.15, 0.2) is 0 Å². The first-order valence-corrected chi connectivity index (χ1v) is 5.54. The van der Waals surface area contributed by atoms with Gasteiger partial charge in [-0.1, -0.05) is 0 Å². The van der Waals surface area contributed by atoms with E-state index in [1.54, 1.807) is 4.90 Å². The Kier molecular flexibility index (Phi) is 2.23. The van der Waals surface area contributed by atoms with Crippen LogP contribution in [0.4, 0.5) is 4.79 Å². The van der Waals surface area contributed by atoms with E-state index in [1.807, 2.05) is 20.8 Å². The number of hydrogen-bond donors (Lipinski definition) is 1. The van der Waals surface area contributed by atoms with Crippen molar-refractivity contribution in [1.29, 1.82) is 0 Å². The highest BCUT2D eigenvalue weighted by Crippen LogP contribution is 2.39. The van der Waals surface area contributed by atoms with E-state index >= 15 is 0 Å². The monoisotopic (exact) mass is 212 g/mol. The summed E-state index contributed by atoms with van der Waals surface area (Å²) in [5.74, 6) is 0. The minimum absolute atomic E-state index is 0.174. The maximum absolute atomic E-state index is 11.7. The summed E-state index contributed by atoms with van der Waals surface area (Å²) >= 11 is 0. The van der Waals surface area contributed by atoms with Crippen LogP contribution >= 0.6 is 0 Å². The van der Waals surface area contributed by atoms with Crippen LogP contribution in [0.3, 0.4) is 0 Å². The maximum atomic E-state index is 11.7. The summed E-state index contributed by atoms with van der Waals surface area (Å²) in [5.41, 5.74) is -0.0414. The van der Waals surface area contributed by atoms with Crippen LogP contribution in [-0.2, 0) is 4.74 Å². The van der Waals surface area contributed by atoms with Crippen LogP contribution in [0.2, 0.25) is 0 Å². The molecule has 1 atom stereocenters. The summed E-state index contributed by atoms with van der Waals surface area (Å²) in [7, 11) is 0. The molecule has 0 aromatic heterocycles. The summed E-state index contributed by atoms with van der Waals surface area (Å²) in [6.07, 6.45) is -0.174. The van der Waals surface area contributed by atoms with Crippen LogP contribution in [0.5, 0.6) is 0 Å². The molecule has 0 radical (unpaired) electrons. The van der Waals surface area contributed by atoms with Crippen LogP contribution in [0.25, 0.3) is 0 Å². The zero-order chi connectivity index (χ0) is 11.3. The van der Waals surface area contributed by atoms with Gasteiger partial charge in [0.2, 0.25) is 0 Å². The van der Waals surface area contributed by atoms with Gasteiger partial charge < -0.3 is 15.0 Å². The molecule has 0 aromatic rings. The minimum atomic E-state index is -0.386. The van der Waals surface area contributed by atoms with Crippen molar-refractivity contribution in [1.82, 2.24) is 10.2 Å². The van der Waals surface area contributed by atoms with E-state index in [9.17, 15) is 4.79 Å². The first-order chi connectivity index (χ1) is 6.82. The number of rotatable bonds is 0. The lowest BCUT2D eigenvalue weighted by Crippen LogP contribution is -2.76. The zero-order valence-electron chi connectivity index (χ0n) is 9.96. The van der Waals surface area contributed by atoms with Gasteiger partial charge in [-0.2, -0.15) is 0 Å². The van der Waals surface area contributed by atoms with Gasteiger partial charge in [0, 0.05) is 31.1 Å². The summed E-state index contributed by atoms with van der Waals surface area (Å²) in [4.78, 5) is 13.5. The highest BCUT2D eigenvalue weighted by Gasteiger charge is 2.54. The van der Waals surface area contributed by atoms with Gasteiger partial charge in [-0.25, -0.2) is 4.79 Å². The Bertz CT molecular complexity index is 277. The topological polar surface area (TPSA) is 41.6 Å². The fourth-order valence-corrected chi connectivity index (χ4v) is 2.15. The lowest BCUT2D eigenvalue weighted by molar-refractivity contribution is -0.0792. The molecule has 2 aliphatic heterocycles. The Morgan fingerprint density at radius 2 is 2.07 bits per heavy atom. The molecule has 86 valence electrons. The van der Waals surface area contributed by atoms with Gasteiger partial charge >= 0.3 is 6.09 Å². The van der Waals surface area contributed by atoms with Crippen LogP contribution < -0.4 is 5.32 Å². The average Bonchev–Trinajstić information content (AvgIpc) is 1.95. The van der Waals surface area contributed by atoms with Gasteiger partial charge in [-0.15, -0.1) is 0 Å². The molecule has 4 heteroatoms. The molecule has 2 aliphatic rings. The van der Waals surface area contributed by atoms with Gasteiger partial charge in [-0.3, -0.25) is 0 Å². The summed E-state index contributed by atoms with van der Waals surface area (Å²) in [6.45, 7) is 10.6. The number of nitrogens with one attached hydrogen (secondary N) is 1. The molecule has 0 aromatic carbocycles. The van der Waals surface area contributed by atoms with Gasteiger partial charge in [0.05, 0.1) is 0 Å². The van der Waals surface area contributed by atoms with Crippen LogP contribution in [0, 0.1) is 5.41 Å². The Morgan fingerprint density at radius 1 is 1.47 bits per heavy atom. The van der Waals surface area contributed by atoms with E-state index in [0.29, 0.717) is 11.5 Å². The number of carbonyl (C=O) groups excluding carboxylic acids is 1. The second-order valence-electron chi connectivity index (χ2n) is 5.80. The van der Waals surface area contributed by atoms with Crippen LogP contribution in [-0.4, -0.2) is 42.3 Å². The minimum Gasteiger partial charge on any atom is -0.444 e. The Morgan fingerprint density at radius 3 is 2.40 bits per heavy atom. The molecule has 15 heavy (non-hydrogen) atoms. The zero-order valence-corrected chi connectivity index (χ0v) is 9.96. The quantitative estimate of drug-likeness (QED) is 0.656. The van der Waals surface area contributed by atoms with Crippen molar-refractivity contribution in [3.05, 3.63) is 0 Å². The summed E-state index contributed by atoms with van der Waals surface area (Å²) in [5, 5.41) is 3.33. The largest absolute Gasteiger partial charge is 0.444 e. The number of carbonyl (C=O) groups is 1. The highest BCUT2D eigenvalue weighted by atomic mass is 16.6. The van der Waals surface area contributed by atoms with Crippen molar-refractivity contribution in [2.24, 2.45) is 5.41 Å². The molecule has 0 aliphatic carbocycles. The van der Waals surface area contributed by atoms with E-state index in [-0.39, 0.29) is 11.7 Å². The molecule has 2 fully saturated rings. The molecule has 1 N–H and O–H groups in total. The van der Waals surface area contributed by atoms with Crippen molar-refractivity contribution in [3.8, 4) is 0 Å². The normalized spacial score (nSPS) is 28.3. The van der Waals surface area contributed by atoms with Crippen molar-refractivity contribution >= 4 is 6.09 Å². The van der Waals surface area contributed by atoms with Crippen molar-refractivity contribution in [2.45, 2.75) is 39.3 Å². The second kappa shape index (κ2) is 3.11. The first kappa shape index (κ1) is 10.7. The maximum Gasteiger partial charge on any atom is 0.410 e.